The molecule has 0 spiro atoms. The van der Waals surface area contributed by atoms with Gasteiger partial charge in [-0.1, -0.05) is 47.5 Å². The summed E-state index contributed by atoms with van der Waals surface area (Å²) in [5, 5.41) is 3.30. The molecule has 0 saturated heterocycles. The van der Waals surface area contributed by atoms with Crippen LogP contribution in [0.2, 0.25) is 0 Å². The van der Waals surface area contributed by atoms with Crippen molar-refractivity contribution in [2.24, 2.45) is 0 Å². The van der Waals surface area contributed by atoms with Crippen LogP contribution in [0.1, 0.15) is 22.7 Å². The molecule has 1 N–H and O–H groups in total. The lowest BCUT2D eigenvalue weighted by molar-refractivity contribution is -0.114. The van der Waals surface area contributed by atoms with Gasteiger partial charge in [0.15, 0.2) is 0 Å². The van der Waals surface area contributed by atoms with Gasteiger partial charge in [0.1, 0.15) is 11.4 Å². The van der Waals surface area contributed by atoms with Gasteiger partial charge in [0, 0.05) is 11.4 Å². The number of hydrogen-bond donors (Lipinski definition) is 1. The maximum atomic E-state index is 13.4. The van der Waals surface area contributed by atoms with Crippen LogP contribution in [0, 0.1) is 13.8 Å². The number of amides is 1. The van der Waals surface area contributed by atoms with Gasteiger partial charge in [0.05, 0.1) is 13.2 Å². The monoisotopic (exact) mass is 384 g/mol. The SMILES string of the molecule is COc1cccc([C@H]2C=C(Nc3ccc(C)cc3)C(=O)N2c2ccc(C)cc2)c1. The lowest BCUT2D eigenvalue weighted by Crippen LogP contribution is -2.30. The van der Waals surface area contributed by atoms with Crippen molar-refractivity contribution in [3.8, 4) is 5.75 Å². The highest BCUT2D eigenvalue weighted by molar-refractivity contribution is 6.11. The molecule has 29 heavy (non-hydrogen) atoms. The summed E-state index contributed by atoms with van der Waals surface area (Å²) in [4.78, 5) is 15.2. The summed E-state index contributed by atoms with van der Waals surface area (Å²) in [5.41, 5.74) is 5.67. The fourth-order valence-electron chi connectivity index (χ4n) is 3.50. The van der Waals surface area contributed by atoms with Crippen molar-refractivity contribution in [2.75, 3.05) is 17.3 Å². The van der Waals surface area contributed by atoms with E-state index in [0.29, 0.717) is 5.70 Å². The highest BCUT2D eigenvalue weighted by atomic mass is 16.5. The quantitative estimate of drug-likeness (QED) is 0.641. The van der Waals surface area contributed by atoms with Crippen molar-refractivity contribution < 1.29 is 9.53 Å². The number of aryl methyl sites for hydroxylation is 2. The first-order valence-electron chi connectivity index (χ1n) is 9.65. The van der Waals surface area contributed by atoms with E-state index in [1.807, 2.05) is 97.6 Å². The summed E-state index contributed by atoms with van der Waals surface area (Å²) < 4.78 is 5.39. The molecular weight excluding hydrogens is 360 g/mol. The molecule has 0 saturated carbocycles. The van der Waals surface area contributed by atoms with Crippen LogP contribution in [0.5, 0.6) is 5.75 Å². The topological polar surface area (TPSA) is 41.6 Å². The number of nitrogens with zero attached hydrogens (tertiary/aromatic N) is 1. The summed E-state index contributed by atoms with van der Waals surface area (Å²) in [7, 11) is 1.65. The zero-order valence-corrected chi connectivity index (χ0v) is 16.8. The van der Waals surface area contributed by atoms with E-state index in [2.05, 4.69) is 5.32 Å². The van der Waals surface area contributed by atoms with E-state index in [4.69, 9.17) is 4.74 Å². The van der Waals surface area contributed by atoms with Crippen molar-refractivity contribution in [2.45, 2.75) is 19.9 Å². The highest BCUT2D eigenvalue weighted by Gasteiger charge is 2.34. The number of benzene rings is 3. The van der Waals surface area contributed by atoms with Crippen LogP contribution in [0.25, 0.3) is 0 Å². The molecule has 1 heterocycles. The summed E-state index contributed by atoms with van der Waals surface area (Å²) in [6, 6.07) is 23.7. The van der Waals surface area contributed by atoms with Crippen molar-refractivity contribution >= 4 is 17.3 Å². The van der Waals surface area contributed by atoms with Gasteiger partial charge in [-0.3, -0.25) is 9.69 Å². The second-order valence-electron chi connectivity index (χ2n) is 7.30. The Morgan fingerprint density at radius 2 is 1.55 bits per heavy atom. The van der Waals surface area contributed by atoms with Crippen LogP contribution in [0.3, 0.4) is 0 Å². The lowest BCUT2D eigenvalue weighted by atomic mass is 10.1. The Labute approximate surface area is 171 Å². The summed E-state index contributed by atoms with van der Waals surface area (Å²) in [6.07, 6.45) is 1.98. The smallest absolute Gasteiger partial charge is 0.275 e. The summed E-state index contributed by atoms with van der Waals surface area (Å²) in [5.74, 6) is 0.717. The predicted octanol–water partition coefficient (Wildman–Crippen LogP) is 5.40. The molecule has 1 amide bonds. The molecule has 0 bridgehead atoms. The Hall–Kier alpha value is -3.53. The number of nitrogens with one attached hydrogen (secondary N) is 1. The average molecular weight is 384 g/mol. The molecular formula is C25H24N2O2. The number of ether oxygens (including phenoxy) is 1. The van der Waals surface area contributed by atoms with Crippen LogP contribution >= 0.6 is 0 Å². The van der Waals surface area contributed by atoms with E-state index < -0.39 is 0 Å². The molecule has 4 nitrogen and oxygen atoms in total. The van der Waals surface area contributed by atoms with Gasteiger partial charge >= 0.3 is 0 Å². The minimum atomic E-state index is -0.215. The van der Waals surface area contributed by atoms with Gasteiger partial charge in [-0.2, -0.15) is 0 Å². The fourth-order valence-corrected chi connectivity index (χ4v) is 3.50. The van der Waals surface area contributed by atoms with Gasteiger partial charge in [0.25, 0.3) is 5.91 Å². The maximum absolute atomic E-state index is 13.4. The van der Waals surface area contributed by atoms with Crippen LogP contribution in [0.15, 0.2) is 84.6 Å². The first-order valence-corrected chi connectivity index (χ1v) is 9.65. The molecule has 3 aromatic carbocycles. The highest BCUT2D eigenvalue weighted by Crippen LogP contribution is 2.37. The van der Waals surface area contributed by atoms with E-state index in [0.717, 1.165) is 28.3 Å². The fraction of sp³-hybridized carbons (Fsp3) is 0.160. The van der Waals surface area contributed by atoms with Crippen LogP contribution in [0.4, 0.5) is 11.4 Å². The first kappa shape index (κ1) is 18.8. The first-order chi connectivity index (χ1) is 14.0. The molecule has 1 atom stereocenters. The Bertz CT molecular complexity index is 1050. The second-order valence-corrected chi connectivity index (χ2v) is 7.30. The zero-order chi connectivity index (χ0) is 20.4. The van der Waals surface area contributed by atoms with Crippen LogP contribution in [-0.2, 0) is 4.79 Å². The largest absolute Gasteiger partial charge is 0.497 e. The normalized spacial score (nSPS) is 16.0. The van der Waals surface area contributed by atoms with Crippen molar-refractivity contribution in [3.05, 3.63) is 101 Å². The van der Waals surface area contributed by atoms with E-state index in [1.165, 1.54) is 5.56 Å². The predicted molar refractivity (Wildman–Crippen MR) is 117 cm³/mol. The van der Waals surface area contributed by atoms with Gasteiger partial charge in [-0.05, 0) is 61.9 Å². The zero-order valence-electron chi connectivity index (χ0n) is 16.8. The number of hydrogen-bond acceptors (Lipinski definition) is 3. The summed E-state index contributed by atoms with van der Waals surface area (Å²) >= 11 is 0. The molecule has 0 aromatic heterocycles. The third-order valence-corrected chi connectivity index (χ3v) is 5.13. The summed E-state index contributed by atoms with van der Waals surface area (Å²) in [6.45, 7) is 4.08. The molecule has 4 rings (SSSR count). The third-order valence-electron chi connectivity index (χ3n) is 5.13. The van der Waals surface area contributed by atoms with Gasteiger partial charge < -0.3 is 10.1 Å². The second kappa shape index (κ2) is 7.84. The lowest BCUT2D eigenvalue weighted by Gasteiger charge is -2.25. The Morgan fingerprint density at radius 1 is 0.897 bits per heavy atom. The van der Waals surface area contributed by atoms with E-state index in [9.17, 15) is 4.79 Å². The Balaban J connectivity index is 1.73. The van der Waals surface area contributed by atoms with E-state index >= 15 is 0 Å². The van der Waals surface area contributed by atoms with Crippen LogP contribution in [-0.4, -0.2) is 13.0 Å². The number of carbonyl (C=O) groups excluding carboxylic acids is 1. The van der Waals surface area contributed by atoms with E-state index in [-0.39, 0.29) is 11.9 Å². The number of carbonyl (C=O) groups is 1. The molecule has 146 valence electrons. The molecule has 1 aliphatic rings. The maximum Gasteiger partial charge on any atom is 0.275 e. The van der Waals surface area contributed by atoms with Crippen LogP contribution < -0.4 is 15.0 Å². The Kier molecular flexibility index (Phi) is 5.09. The molecule has 0 aliphatic carbocycles. The minimum Gasteiger partial charge on any atom is -0.497 e. The van der Waals surface area contributed by atoms with Gasteiger partial charge in [0.2, 0.25) is 0 Å². The molecule has 0 unspecified atom stereocenters. The van der Waals surface area contributed by atoms with Gasteiger partial charge in [-0.15, -0.1) is 0 Å². The van der Waals surface area contributed by atoms with E-state index in [1.54, 1.807) is 7.11 Å². The van der Waals surface area contributed by atoms with Crippen molar-refractivity contribution in [1.82, 2.24) is 0 Å². The molecule has 4 heteroatoms. The molecule has 0 fully saturated rings. The third kappa shape index (κ3) is 3.87. The molecule has 0 radical (unpaired) electrons. The molecule has 1 aliphatic heterocycles. The van der Waals surface area contributed by atoms with Crippen molar-refractivity contribution in [1.29, 1.82) is 0 Å². The number of rotatable bonds is 5. The average Bonchev–Trinajstić information content (AvgIpc) is 3.06. The Morgan fingerprint density at radius 3 is 2.21 bits per heavy atom. The van der Waals surface area contributed by atoms with Gasteiger partial charge in [-0.25, -0.2) is 0 Å². The number of anilines is 2. The molecule has 3 aromatic rings. The van der Waals surface area contributed by atoms with Crippen molar-refractivity contribution in [3.63, 3.8) is 0 Å². The number of methoxy groups -OCH3 is 1. The standard InChI is InChI=1S/C25H24N2O2/c1-17-7-11-20(12-8-17)26-23-16-24(19-5-4-6-22(15-19)29-3)27(25(23)28)21-13-9-18(2)10-14-21/h4-16,24,26H,1-3H3/t24-/m1/s1. The minimum absolute atomic E-state index is 0.0535.